The number of halogens is 2. The summed E-state index contributed by atoms with van der Waals surface area (Å²) in [7, 11) is 0. The lowest BCUT2D eigenvalue weighted by Crippen LogP contribution is -2.30. The van der Waals surface area contributed by atoms with E-state index in [0.29, 0.717) is 12.2 Å². The number of nitrogens with one attached hydrogen (secondary N) is 1. The Labute approximate surface area is 133 Å². The van der Waals surface area contributed by atoms with Crippen molar-refractivity contribution in [2.75, 3.05) is 0 Å². The van der Waals surface area contributed by atoms with E-state index in [1.54, 1.807) is 18.2 Å². The molecular formula is C14H12Br2N2O2. The molecule has 0 heterocycles. The number of hydrogen-bond acceptors (Lipinski definition) is 3. The van der Waals surface area contributed by atoms with Crippen LogP contribution in [0.1, 0.15) is 15.9 Å². The highest BCUT2D eigenvalue weighted by atomic mass is 79.9. The van der Waals surface area contributed by atoms with E-state index in [1.807, 2.05) is 24.3 Å². The van der Waals surface area contributed by atoms with Gasteiger partial charge < -0.3 is 4.74 Å². The fourth-order valence-electron chi connectivity index (χ4n) is 1.64. The van der Waals surface area contributed by atoms with Crippen LogP contribution < -0.4 is 16.0 Å². The van der Waals surface area contributed by atoms with E-state index in [9.17, 15) is 4.79 Å². The van der Waals surface area contributed by atoms with Crippen molar-refractivity contribution in [3.8, 4) is 5.75 Å². The fraction of sp³-hybridized carbons (Fsp3) is 0.0714. The minimum absolute atomic E-state index is 0.323. The first-order valence-corrected chi connectivity index (χ1v) is 7.36. The molecule has 104 valence electrons. The van der Waals surface area contributed by atoms with Gasteiger partial charge in [0, 0.05) is 10.0 Å². The quantitative estimate of drug-likeness (QED) is 0.470. The van der Waals surface area contributed by atoms with Gasteiger partial charge in [0.05, 0.1) is 4.47 Å². The zero-order valence-electron chi connectivity index (χ0n) is 10.4. The summed E-state index contributed by atoms with van der Waals surface area (Å²) < 4.78 is 7.55. The molecule has 0 aromatic heterocycles. The van der Waals surface area contributed by atoms with Crippen molar-refractivity contribution in [1.82, 2.24) is 5.43 Å². The van der Waals surface area contributed by atoms with E-state index in [4.69, 9.17) is 10.6 Å². The van der Waals surface area contributed by atoms with Gasteiger partial charge in [-0.1, -0.05) is 28.1 Å². The average Bonchev–Trinajstić information content (AvgIpc) is 2.46. The Bertz CT molecular complexity index is 632. The molecule has 0 fully saturated rings. The smallest absolute Gasteiger partial charge is 0.265 e. The monoisotopic (exact) mass is 398 g/mol. The number of carbonyl (C=O) groups excluding carboxylic acids is 1. The van der Waals surface area contributed by atoms with Crippen molar-refractivity contribution in [2.45, 2.75) is 6.61 Å². The number of benzene rings is 2. The Morgan fingerprint density at radius 1 is 1.20 bits per heavy atom. The topological polar surface area (TPSA) is 64.3 Å². The molecule has 2 rings (SSSR count). The van der Waals surface area contributed by atoms with E-state index in [0.717, 1.165) is 20.3 Å². The Hall–Kier alpha value is -1.37. The molecule has 2 aromatic carbocycles. The molecule has 20 heavy (non-hydrogen) atoms. The first-order chi connectivity index (χ1) is 9.60. The van der Waals surface area contributed by atoms with E-state index in [1.165, 1.54) is 0 Å². The first kappa shape index (κ1) is 15.0. The molecule has 0 aliphatic heterocycles. The van der Waals surface area contributed by atoms with Crippen LogP contribution in [0, 0.1) is 0 Å². The van der Waals surface area contributed by atoms with Crippen molar-refractivity contribution < 1.29 is 9.53 Å². The van der Waals surface area contributed by atoms with E-state index in [-0.39, 0.29) is 5.91 Å². The van der Waals surface area contributed by atoms with Gasteiger partial charge in [0.2, 0.25) is 0 Å². The summed E-state index contributed by atoms with van der Waals surface area (Å²) in [4.78, 5) is 11.4. The Morgan fingerprint density at radius 3 is 2.70 bits per heavy atom. The van der Waals surface area contributed by atoms with Crippen LogP contribution in [0.15, 0.2) is 51.4 Å². The summed E-state index contributed by atoms with van der Waals surface area (Å²) in [5, 5.41) is 0. The number of nitrogen functional groups attached to an aromatic ring is 1. The lowest BCUT2D eigenvalue weighted by atomic mass is 10.1. The van der Waals surface area contributed by atoms with Crippen LogP contribution in [0.3, 0.4) is 0 Å². The Kier molecular flexibility index (Phi) is 5.17. The number of ether oxygens (including phenoxy) is 1. The number of carbonyl (C=O) groups is 1. The lowest BCUT2D eigenvalue weighted by Gasteiger charge is -2.09. The molecule has 0 radical (unpaired) electrons. The Morgan fingerprint density at radius 2 is 2.00 bits per heavy atom. The highest BCUT2D eigenvalue weighted by Crippen LogP contribution is 2.28. The molecule has 6 heteroatoms. The van der Waals surface area contributed by atoms with Crippen LogP contribution >= 0.6 is 31.9 Å². The molecule has 1 amide bonds. The van der Waals surface area contributed by atoms with E-state index >= 15 is 0 Å². The molecule has 2 aromatic rings. The third kappa shape index (κ3) is 3.82. The molecule has 0 aliphatic rings. The van der Waals surface area contributed by atoms with Crippen LogP contribution in [0.2, 0.25) is 0 Å². The van der Waals surface area contributed by atoms with Gasteiger partial charge in [-0.05, 0) is 51.8 Å². The van der Waals surface area contributed by atoms with Crippen molar-refractivity contribution in [3.63, 3.8) is 0 Å². The van der Waals surface area contributed by atoms with Gasteiger partial charge in [-0.3, -0.25) is 10.2 Å². The van der Waals surface area contributed by atoms with Gasteiger partial charge in [0.1, 0.15) is 12.4 Å². The molecule has 0 saturated carbocycles. The molecular weight excluding hydrogens is 388 g/mol. The van der Waals surface area contributed by atoms with Gasteiger partial charge in [-0.2, -0.15) is 0 Å². The first-order valence-electron chi connectivity index (χ1n) is 5.78. The summed E-state index contributed by atoms with van der Waals surface area (Å²) in [6.45, 7) is 0.367. The largest absolute Gasteiger partial charge is 0.488 e. The third-order valence-electron chi connectivity index (χ3n) is 2.61. The maximum Gasteiger partial charge on any atom is 0.265 e. The van der Waals surface area contributed by atoms with Gasteiger partial charge in [0.15, 0.2) is 0 Å². The number of hydrazine groups is 1. The molecule has 4 nitrogen and oxygen atoms in total. The van der Waals surface area contributed by atoms with Gasteiger partial charge in [0.25, 0.3) is 5.91 Å². The highest BCUT2D eigenvalue weighted by Gasteiger charge is 2.06. The SMILES string of the molecule is NNC(=O)c1cccc(COc2ccc(Br)cc2Br)c1. The molecule has 0 atom stereocenters. The Balaban J connectivity index is 2.09. The second kappa shape index (κ2) is 6.88. The zero-order chi connectivity index (χ0) is 14.5. The van der Waals surface area contributed by atoms with Crippen LogP contribution in [0.5, 0.6) is 5.75 Å². The molecule has 0 bridgehead atoms. The third-order valence-corrected chi connectivity index (χ3v) is 3.72. The van der Waals surface area contributed by atoms with Crippen LogP contribution in [-0.2, 0) is 6.61 Å². The van der Waals surface area contributed by atoms with Gasteiger partial charge >= 0.3 is 0 Å². The minimum Gasteiger partial charge on any atom is -0.488 e. The summed E-state index contributed by atoms with van der Waals surface area (Å²) in [6.07, 6.45) is 0. The molecule has 3 N–H and O–H groups in total. The second-order valence-corrected chi connectivity index (χ2v) is 5.81. The lowest BCUT2D eigenvalue weighted by molar-refractivity contribution is 0.0953. The summed E-state index contributed by atoms with van der Waals surface area (Å²) in [5.74, 6) is 5.53. The van der Waals surface area contributed by atoms with Crippen molar-refractivity contribution >= 4 is 37.8 Å². The predicted octanol–water partition coefficient (Wildman–Crippen LogP) is 3.39. The van der Waals surface area contributed by atoms with Gasteiger partial charge in [-0.25, -0.2) is 5.84 Å². The molecule has 0 saturated heterocycles. The number of rotatable bonds is 4. The second-order valence-electron chi connectivity index (χ2n) is 4.04. The average molecular weight is 400 g/mol. The fourth-order valence-corrected chi connectivity index (χ4v) is 2.80. The number of amides is 1. The van der Waals surface area contributed by atoms with Crippen molar-refractivity contribution in [1.29, 1.82) is 0 Å². The summed E-state index contributed by atoms with van der Waals surface area (Å²) in [5.41, 5.74) is 3.50. The predicted molar refractivity (Wildman–Crippen MR) is 84.3 cm³/mol. The molecule has 0 unspecified atom stereocenters. The zero-order valence-corrected chi connectivity index (χ0v) is 13.6. The maximum atomic E-state index is 11.4. The number of nitrogens with two attached hydrogens (primary N) is 1. The minimum atomic E-state index is -0.323. The van der Waals surface area contributed by atoms with Crippen LogP contribution in [0.4, 0.5) is 0 Å². The standard InChI is InChI=1S/C14H12Br2N2O2/c15-11-4-5-13(12(16)7-11)20-8-9-2-1-3-10(6-9)14(19)18-17/h1-7H,8,17H2,(H,18,19). The van der Waals surface area contributed by atoms with Gasteiger partial charge in [-0.15, -0.1) is 0 Å². The number of hydrogen-bond donors (Lipinski definition) is 2. The van der Waals surface area contributed by atoms with Crippen LogP contribution in [0.25, 0.3) is 0 Å². The summed E-state index contributed by atoms with van der Waals surface area (Å²) in [6, 6.07) is 12.8. The molecule has 0 aliphatic carbocycles. The highest BCUT2D eigenvalue weighted by molar-refractivity contribution is 9.11. The van der Waals surface area contributed by atoms with E-state index in [2.05, 4.69) is 37.3 Å². The maximum absolute atomic E-state index is 11.4. The summed E-state index contributed by atoms with van der Waals surface area (Å²) >= 11 is 6.82. The normalized spacial score (nSPS) is 10.2. The molecule has 0 spiro atoms. The van der Waals surface area contributed by atoms with Crippen LogP contribution in [-0.4, -0.2) is 5.91 Å². The van der Waals surface area contributed by atoms with E-state index < -0.39 is 0 Å². The van der Waals surface area contributed by atoms with Crippen molar-refractivity contribution in [2.24, 2.45) is 5.84 Å². The van der Waals surface area contributed by atoms with Crippen molar-refractivity contribution in [3.05, 3.63) is 62.5 Å².